The van der Waals surface area contributed by atoms with Gasteiger partial charge in [-0.15, -0.1) is 0 Å². The minimum Gasteiger partial charge on any atom is -0.466 e. The average Bonchev–Trinajstić information content (AvgIpc) is 2.42. The molecule has 0 spiro atoms. The summed E-state index contributed by atoms with van der Waals surface area (Å²) in [5.41, 5.74) is 0.370. The molecule has 0 N–H and O–H groups in total. The van der Waals surface area contributed by atoms with Crippen molar-refractivity contribution < 1.29 is 19.1 Å². The molecule has 0 aliphatic carbocycles. The van der Waals surface area contributed by atoms with Crippen molar-refractivity contribution in [1.29, 1.82) is 0 Å². The summed E-state index contributed by atoms with van der Waals surface area (Å²) in [5, 5.41) is 0. The van der Waals surface area contributed by atoms with Crippen LogP contribution < -0.4 is 0 Å². The van der Waals surface area contributed by atoms with Crippen LogP contribution >= 0.6 is 0 Å². The number of carbonyl (C=O) groups excluding carboxylic acids is 2. The molecule has 0 aliphatic heterocycles. The Balaban J connectivity index is 2.74. The molecule has 5 heteroatoms. The van der Waals surface area contributed by atoms with E-state index in [-0.39, 0.29) is 6.42 Å². The summed E-state index contributed by atoms with van der Waals surface area (Å²) in [6, 6.07) is 5.06. The minimum absolute atomic E-state index is 0.289. The minimum atomic E-state index is -1.08. The third-order valence-electron chi connectivity index (χ3n) is 2.36. The van der Waals surface area contributed by atoms with E-state index in [2.05, 4.69) is 9.72 Å². The highest BCUT2D eigenvalue weighted by Gasteiger charge is 2.26. The van der Waals surface area contributed by atoms with Crippen molar-refractivity contribution in [1.82, 2.24) is 4.98 Å². The van der Waals surface area contributed by atoms with Gasteiger partial charge in [-0.05, 0) is 18.6 Å². The summed E-state index contributed by atoms with van der Waals surface area (Å²) in [6.45, 7) is 1.98. The van der Waals surface area contributed by atoms with Crippen molar-refractivity contribution in [2.45, 2.75) is 32.3 Å². The Morgan fingerprint density at radius 2 is 2.17 bits per heavy atom. The van der Waals surface area contributed by atoms with Crippen LogP contribution in [0.4, 0.5) is 0 Å². The maximum atomic E-state index is 11.6. The molecular weight excluding hydrogens is 234 g/mol. The van der Waals surface area contributed by atoms with Gasteiger partial charge in [-0.25, -0.2) is 4.79 Å². The molecule has 0 saturated heterocycles. The summed E-state index contributed by atoms with van der Waals surface area (Å²) < 4.78 is 9.73. The van der Waals surface area contributed by atoms with Gasteiger partial charge in [0.1, 0.15) is 0 Å². The second kappa shape index (κ2) is 7.42. The summed E-state index contributed by atoms with van der Waals surface area (Å²) >= 11 is 0. The van der Waals surface area contributed by atoms with Gasteiger partial charge in [-0.1, -0.05) is 19.4 Å². The van der Waals surface area contributed by atoms with E-state index in [4.69, 9.17) is 4.74 Å². The number of carbonyl (C=O) groups is 2. The normalized spacial score (nSPS) is 11.7. The van der Waals surface area contributed by atoms with Crippen molar-refractivity contribution >= 4 is 11.9 Å². The lowest BCUT2D eigenvalue weighted by Gasteiger charge is -2.14. The standard InChI is InChI=1S/C13H17NO4/c1-3-4-8-11(15)18-12(13(16)17-2)10-7-5-6-9-14-10/h5-7,9,12H,3-4,8H2,1-2H3. The van der Waals surface area contributed by atoms with E-state index in [0.717, 1.165) is 12.8 Å². The molecule has 0 aromatic carbocycles. The predicted molar refractivity (Wildman–Crippen MR) is 64.6 cm³/mol. The largest absolute Gasteiger partial charge is 0.466 e. The third kappa shape index (κ3) is 4.16. The lowest BCUT2D eigenvalue weighted by atomic mass is 10.2. The fourth-order valence-electron chi connectivity index (χ4n) is 1.38. The van der Waals surface area contributed by atoms with Crippen molar-refractivity contribution in [3.05, 3.63) is 30.1 Å². The molecule has 1 aromatic rings. The molecule has 0 bridgehead atoms. The number of esters is 2. The second-order valence-electron chi connectivity index (χ2n) is 3.75. The number of ether oxygens (including phenoxy) is 2. The molecule has 5 nitrogen and oxygen atoms in total. The topological polar surface area (TPSA) is 65.5 Å². The molecule has 0 amide bonds. The summed E-state index contributed by atoms with van der Waals surface area (Å²) in [4.78, 5) is 27.1. The van der Waals surface area contributed by atoms with Crippen LogP contribution in [0.1, 0.15) is 38.0 Å². The van der Waals surface area contributed by atoms with Crippen LogP contribution in [-0.2, 0) is 19.1 Å². The SMILES string of the molecule is CCCCC(=O)OC(C(=O)OC)c1ccccn1. The fraction of sp³-hybridized carbons (Fsp3) is 0.462. The highest BCUT2D eigenvalue weighted by molar-refractivity contribution is 5.80. The molecule has 1 atom stereocenters. The number of methoxy groups -OCH3 is 1. The van der Waals surface area contributed by atoms with Crippen LogP contribution in [-0.4, -0.2) is 24.0 Å². The number of hydrogen-bond donors (Lipinski definition) is 0. The molecule has 18 heavy (non-hydrogen) atoms. The Kier molecular flexibility index (Phi) is 5.84. The van der Waals surface area contributed by atoms with Gasteiger partial charge >= 0.3 is 11.9 Å². The second-order valence-corrected chi connectivity index (χ2v) is 3.75. The first-order chi connectivity index (χ1) is 8.69. The Bertz CT molecular complexity index is 391. The monoisotopic (exact) mass is 251 g/mol. The van der Waals surface area contributed by atoms with Crippen LogP contribution in [0.15, 0.2) is 24.4 Å². The average molecular weight is 251 g/mol. The van der Waals surface area contributed by atoms with Gasteiger partial charge in [0.2, 0.25) is 6.10 Å². The van der Waals surface area contributed by atoms with Crippen LogP contribution in [0, 0.1) is 0 Å². The lowest BCUT2D eigenvalue weighted by molar-refractivity contribution is -0.167. The predicted octanol–water partition coefficient (Wildman–Crippen LogP) is 2.03. The molecule has 1 unspecified atom stereocenters. The molecular formula is C13H17NO4. The van der Waals surface area contributed by atoms with Crippen molar-refractivity contribution in [3.8, 4) is 0 Å². The van der Waals surface area contributed by atoms with E-state index in [1.54, 1.807) is 18.2 Å². The van der Waals surface area contributed by atoms with E-state index >= 15 is 0 Å². The highest BCUT2D eigenvalue weighted by Crippen LogP contribution is 2.17. The maximum absolute atomic E-state index is 11.6. The first-order valence-corrected chi connectivity index (χ1v) is 5.87. The summed E-state index contributed by atoms with van der Waals surface area (Å²) in [5.74, 6) is -1.04. The lowest BCUT2D eigenvalue weighted by Crippen LogP contribution is -2.21. The van der Waals surface area contributed by atoms with Crippen molar-refractivity contribution in [2.75, 3.05) is 7.11 Å². The first kappa shape index (κ1) is 14.2. The third-order valence-corrected chi connectivity index (χ3v) is 2.36. The highest BCUT2D eigenvalue weighted by atomic mass is 16.6. The smallest absolute Gasteiger partial charge is 0.353 e. The van der Waals surface area contributed by atoms with Crippen LogP contribution in [0.25, 0.3) is 0 Å². The Labute approximate surface area is 106 Å². The Morgan fingerprint density at radius 3 is 2.72 bits per heavy atom. The molecule has 98 valence electrons. The summed E-state index contributed by atoms with van der Waals surface area (Å²) in [7, 11) is 1.25. The molecule has 1 aromatic heterocycles. The van der Waals surface area contributed by atoms with Gasteiger partial charge in [0.15, 0.2) is 0 Å². The number of hydrogen-bond acceptors (Lipinski definition) is 5. The zero-order valence-electron chi connectivity index (χ0n) is 10.6. The van der Waals surface area contributed by atoms with Gasteiger partial charge in [0, 0.05) is 12.6 Å². The number of pyridine rings is 1. The Hall–Kier alpha value is -1.91. The molecule has 1 heterocycles. The number of aromatic nitrogens is 1. The van der Waals surface area contributed by atoms with Gasteiger partial charge < -0.3 is 9.47 Å². The zero-order chi connectivity index (χ0) is 13.4. The summed E-state index contributed by atoms with van der Waals surface area (Å²) in [6.07, 6.45) is 2.36. The van der Waals surface area contributed by atoms with Crippen molar-refractivity contribution in [2.24, 2.45) is 0 Å². The molecule has 0 saturated carbocycles. The quantitative estimate of drug-likeness (QED) is 0.724. The van der Waals surface area contributed by atoms with E-state index < -0.39 is 18.0 Å². The van der Waals surface area contributed by atoms with Gasteiger partial charge in [-0.2, -0.15) is 0 Å². The molecule has 1 rings (SSSR count). The first-order valence-electron chi connectivity index (χ1n) is 5.87. The zero-order valence-corrected chi connectivity index (χ0v) is 10.6. The maximum Gasteiger partial charge on any atom is 0.353 e. The van der Waals surface area contributed by atoms with Crippen LogP contribution in [0.3, 0.4) is 0 Å². The molecule has 0 aliphatic rings. The van der Waals surface area contributed by atoms with E-state index in [1.807, 2.05) is 6.92 Å². The molecule has 0 radical (unpaired) electrons. The van der Waals surface area contributed by atoms with Gasteiger partial charge in [0.05, 0.1) is 12.8 Å². The van der Waals surface area contributed by atoms with E-state index in [0.29, 0.717) is 5.69 Å². The van der Waals surface area contributed by atoms with Gasteiger partial charge in [-0.3, -0.25) is 9.78 Å². The number of unbranched alkanes of at least 4 members (excludes halogenated alkanes) is 1. The van der Waals surface area contributed by atoms with Crippen LogP contribution in [0.2, 0.25) is 0 Å². The van der Waals surface area contributed by atoms with Crippen LogP contribution in [0.5, 0.6) is 0 Å². The Morgan fingerprint density at radius 1 is 1.39 bits per heavy atom. The number of nitrogens with zero attached hydrogens (tertiary/aromatic N) is 1. The number of rotatable bonds is 6. The van der Waals surface area contributed by atoms with Gasteiger partial charge in [0.25, 0.3) is 0 Å². The molecule has 0 fully saturated rings. The van der Waals surface area contributed by atoms with E-state index in [9.17, 15) is 9.59 Å². The van der Waals surface area contributed by atoms with E-state index in [1.165, 1.54) is 13.3 Å². The van der Waals surface area contributed by atoms with Crippen molar-refractivity contribution in [3.63, 3.8) is 0 Å². The fourth-order valence-corrected chi connectivity index (χ4v) is 1.38.